The number of carbonyl (C=O) groups excluding carboxylic acids is 3. The third kappa shape index (κ3) is 7.11. The molecule has 9 heteroatoms. The Morgan fingerprint density at radius 2 is 1.60 bits per heavy atom. The molecule has 0 bridgehead atoms. The highest BCUT2D eigenvalue weighted by Gasteiger charge is 2.25. The highest BCUT2D eigenvalue weighted by atomic mass is 16.5. The van der Waals surface area contributed by atoms with E-state index in [-0.39, 0.29) is 24.3 Å². The van der Waals surface area contributed by atoms with Crippen molar-refractivity contribution in [1.29, 1.82) is 0 Å². The van der Waals surface area contributed by atoms with Crippen molar-refractivity contribution < 1.29 is 28.6 Å². The second-order valence-electron chi connectivity index (χ2n) is 8.69. The summed E-state index contributed by atoms with van der Waals surface area (Å²) in [6, 6.07) is 10.9. The Kier molecular flexibility index (Phi) is 8.94. The molecule has 35 heavy (non-hydrogen) atoms. The third-order valence-corrected chi connectivity index (χ3v) is 5.77. The van der Waals surface area contributed by atoms with E-state index in [4.69, 9.17) is 14.2 Å². The first-order valence-electron chi connectivity index (χ1n) is 11.7. The van der Waals surface area contributed by atoms with Gasteiger partial charge in [-0.3, -0.25) is 14.4 Å². The van der Waals surface area contributed by atoms with Crippen molar-refractivity contribution in [2.24, 2.45) is 5.92 Å². The highest BCUT2D eigenvalue weighted by molar-refractivity contribution is 6.01. The van der Waals surface area contributed by atoms with Crippen LogP contribution < -0.4 is 24.8 Å². The number of anilines is 1. The lowest BCUT2D eigenvalue weighted by atomic mass is 10.0. The first-order valence-corrected chi connectivity index (χ1v) is 11.7. The van der Waals surface area contributed by atoms with Crippen LogP contribution in [-0.4, -0.2) is 62.6 Å². The van der Waals surface area contributed by atoms with E-state index in [9.17, 15) is 14.4 Å². The SMILES string of the molecule is COc1cc(OC)cc(C(=O)NC(C(=O)Nc2cccc(OCC(=O)N3CCCC3)c2)C(C)C)c1. The molecule has 9 nitrogen and oxygen atoms in total. The minimum absolute atomic E-state index is 0.0475. The second kappa shape index (κ2) is 12.1. The molecule has 188 valence electrons. The minimum Gasteiger partial charge on any atom is -0.497 e. The number of benzene rings is 2. The number of rotatable bonds is 10. The van der Waals surface area contributed by atoms with Crippen LogP contribution in [0.15, 0.2) is 42.5 Å². The number of hydrogen-bond acceptors (Lipinski definition) is 6. The number of methoxy groups -OCH3 is 2. The normalized spacial score (nSPS) is 13.8. The molecule has 2 aromatic carbocycles. The molecule has 3 amide bonds. The molecular formula is C26H33N3O6. The summed E-state index contributed by atoms with van der Waals surface area (Å²) in [6.07, 6.45) is 2.04. The van der Waals surface area contributed by atoms with Crippen molar-refractivity contribution in [1.82, 2.24) is 10.2 Å². The van der Waals surface area contributed by atoms with Gasteiger partial charge in [0.15, 0.2) is 6.61 Å². The van der Waals surface area contributed by atoms with Crippen LogP contribution in [0.3, 0.4) is 0 Å². The maximum absolute atomic E-state index is 13.0. The quantitative estimate of drug-likeness (QED) is 0.538. The summed E-state index contributed by atoms with van der Waals surface area (Å²) < 4.78 is 16.1. The van der Waals surface area contributed by atoms with Crippen molar-refractivity contribution in [2.75, 3.05) is 39.2 Å². The first-order chi connectivity index (χ1) is 16.8. The Bertz CT molecular complexity index is 1030. The van der Waals surface area contributed by atoms with Gasteiger partial charge in [0.05, 0.1) is 14.2 Å². The number of hydrogen-bond donors (Lipinski definition) is 2. The number of amides is 3. The van der Waals surface area contributed by atoms with Gasteiger partial charge in [-0.25, -0.2) is 0 Å². The molecule has 0 saturated carbocycles. The van der Waals surface area contributed by atoms with Crippen LogP contribution in [-0.2, 0) is 9.59 Å². The average molecular weight is 484 g/mol. The zero-order valence-corrected chi connectivity index (χ0v) is 20.6. The number of nitrogens with zero attached hydrogens (tertiary/aromatic N) is 1. The summed E-state index contributed by atoms with van der Waals surface area (Å²) in [5, 5.41) is 5.63. The van der Waals surface area contributed by atoms with E-state index < -0.39 is 11.9 Å². The van der Waals surface area contributed by atoms with Crippen LogP contribution in [0.5, 0.6) is 17.2 Å². The summed E-state index contributed by atoms with van der Waals surface area (Å²) in [5.74, 6) is 0.406. The molecule has 1 aliphatic heterocycles. The summed E-state index contributed by atoms with van der Waals surface area (Å²) >= 11 is 0. The summed E-state index contributed by atoms with van der Waals surface area (Å²) in [4.78, 5) is 40.0. The molecule has 0 radical (unpaired) electrons. The van der Waals surface area contributed by atoms with Gasteiger partial charge < -0.3 is 29.7 Å². The molecule has 2 N–H and O–H groups in total. The van der Waals surface area contributed by atoms with Crippen LogP contribution in [0.25, 0.3) is 0 Å². The van der Waals surface area contributed by atoms with E-state index in [1.165, 1.54) is 14.2 Å². The Labute approximate surface area is 205 Å². The van der Waals surface area contributed by atoms with Gasteiger partial charge in [-0.05, 0) is 43.0 Å². The van der Waals surface area contributed by atoms with Crippen LogP contribution in [0.2, 0.25) is 0 Å². The molecular weight excluding hydrogens is 450 g/mol. The lowest BCUT2D eigenvalue weighted by Crippen LogP contribution is -2.47. The Morgan fingerprint density at radius 3 is 2.20 bits per heavy atom. The van der Waals surface area contributed by atoms with Gasteiger partial charge in [0.25, 0.3) is 11.8 Å². The van der Waals surface area contributed by atoms with E-state index in [0.717, 1.165) is 25.9 Å². The van der Waals surface area contributed by atoms with Crippen molar-refractivity contribution in [3.05, 3.63) is 48.0 Å². The zero-order valence-electron chi connectivity index (χ0n) is 20.6. The molecule has 0 aromatic heterocycles. The minimum atomic E-state index is -0.791. The number of carbonyl (C=O) groups is 3. The van der Waals surface area contributed by atoms with Crippen LogP contribution in [0.4, 0.5) is 5.69 Å². The summed E-state index contributed by atoms with van der Waals surface area (Å²) in [5.41, 5.74) is 0.821. The standard InChI is InChI=1S/C26H33N3O6/c1-17(2)24(28-25(31)18-12-21(33-3)15-22(13-18)34-4)26(32)27-19-8-7-9-20(14-19)35-16-23(30)29-10-5-6-11-29/h7-9,12-15,17,24H,5-6,10-11,16H2,1-4H3,(H,27,32)(H,28,31). The smallest absolute Gasteiger partial charge is 0.260 e. The molecule has 1 fully saturated rings. The van der Waals surface area contributed by atoms with Gasteiger partial charge in [0.2, 0.25) is 5.91 Å². The predicted octanol–water partition coefficient (Wildman–Crippen LogP) is 3.10. The molecule has 1 unspecified atom stereocenters. The summed E-state index contributed by atoms with van der Waals surface area (Å²) in [6.45, 7) is 5.18. The van der Waals surface area contributed by atoms with Crippen molar-refractivity contribution in [2.45, 2.75) is 32.7 Å². The fourth-order valence-electron chi connectivity index (χ4n) is 3.78. The Morgan fingerprint density at radius 1 is 0.943 bits per heavy atom. The lowest BCUT2D eigenvalue weighted by Gasteiger charge is -2.22. The third-order valence-electron chi connectivity index (χ3n) is 5.77. The van der Waals surface area contributed by atoms with E-state index in [1.807, 2.05) is 13.8 Å². The van der Waals surface area contributed by atoms with Gasteiger partial charge in [-0.2, -0.15) is 0 Å². The molecule has 1 saturated heterocycles. The molecule has 3 rings (SSSR count). The van der Waals surface area contributed by atoms with Crippen LogP contribution >= 0.6 is 0 Å². The summed E-state index contributed by atoms with van der Waals surface area (Å²) in [7, 11) is 3.00. The van der Waals surface area contributed by atoms with Crippen LogP contribution in [0.1, 0.15) is 37.0 Å². The van der Waals surface area contributed by atoms with Crippen molar-refractivity contribution in [3.8, 4) is 17.2 Å². The fourth-order valence-corrected chi connectivity index (χ4v) is 3.78. The molecule has 2 aromatic rings. The first kappa shape index (κ1) is 25.9. The average Bonchev–Trinajstić information content (AvgIpc) is 3.40. The topological polar surface area (TPSA) is 106 Å². The molecule has 1 atom stereocenters. The predicted molar refractivity (Wildman–Crippen MR) is 132 cm³/mol. The largest absolute Gasteiger partial charge is 0.497 e. The number of nitrogens with one attached hydrogen (secondary N) is 2. The van der Waals surface area contributed by atoms with Gasteiger partial charge >= 0.3 is 0 Å². The van der Waals surface area contributed by atoms with Gasteiger partial charge in [0, 0.05) is 36.5 Å². The van der Waals surface area contributed by atoms with Gasteiger partial charge in [-0.1, -0.05) is 19.9 Å². The maximum atomic E-state index is 13.0. The molecule has 0 spiro atoms. The van der Waals surface area contributed by atoms with E-state index in [2.05, 4.69) is 10.6 Å². The Hall–Kier alpha value is -3.75. The molecule has 1 heterocycles. The van der Waals surface area contributed by atoms with Crippen LogP contribution in [0, 0.1) is 5.92 Å². The maximum Gasteiger partial charge on any atom is 0.260 e. The van der Waals surface area contributed by atoms with Gasteiger partial charge in [0.1, 0.15) is 23.3 Å². The highest BCUT2D eigenvalue weighted by Crippen LogP contribution is 2.23. The fraction of sp³-hybridized carbons (Fsp3) is 0.423. The van der Waals surface area contributed by atoms with Gasteiger partial charge in [-0.15, -0.1) is 0 Å². The van der Waals surface area contributed by atoms with Crippen molar-refractivity contribution in [3.63, 3.8) is 0 Å². The lowest BCUT2D eigenvalue weighted by molar-refractivity contribution is -0.132. The molecule has 1 aliphatic rings. The van der Waals surface area contributed by atoms with E-state index in [1.54, 1.807) is 47.4 Å². The second-order valence-corrected chi connectivity index (χ2v) is 8.69. The van der Waals surface area contributed by atoms with E-state index in [0.29, 0.717) is 28.5 Å². The molecule has 0 aliphatic carbocycles. The number of ether oxygens (including phenoxy) is 3. The zero-order chi connectivity index (χ0) is 25.4. The Balaban J connectivity index is 1.64. The monoisotopic (exact) mass is 483 g/mol. The van der Waals surface area contributed by atoms with Crippen molar-refractivity contribution >= 4 is 23.4 Å². The van der Waals surface area contributed by atoms with E-state index >= 15 is 0 Å². The number of likely N-dealkylation sites (tertiary alicyclic amines) is 1.